The van der Waals surface area contributed by atoms with E-state index < -0.39 is 12.0 Å². The smallest absolute Gasteiger partial charge is 0.337 e. The first-order valence-electron chi connectivity index (χ1n) is 12.7. The monoisotopic (exact) mass is 556 g/mol. The number of rotatable bonds is 8. The van der Waals surface area contributed by atoms with E-state index in [9.17, 15) is 9.59 Å². The van der Waals surface area contributed by atoms with Gasteiger partial charge >= 0.3 is 5.97 Å². The zero-order valence-corrected chi connectivity index (χ0v) is 23.0. The van der Waals surface area contributed by atoms with E-state index in [1.54, 1.807) is 44.5 Å². The third kappa shape index (κ3) is 5.26. The van der Waals surface area contributed by atoms with Crippen molar-refractivity contribution in [3.05, 3.63) is 96.0 Å². The fraction of sp³-hybridized carbons (Fsp3) is 0.200. The number of benzene rings is 2. The summed E-state index contributed by atoms with van der Waals surface area (Å²) in [6.45, 7) is 1.79. The van der Waals surface area contributed by atoms with Crippen LogP contribution in [0.25, 0.3) is 11.3 Å². The first-order chi connectivity index (χ1) is 19.4. The van der Waals surface area contributed by atoms with E-state index in [0.29, 0.717) is 40.1 Å². The number of nitrogens with one attached hydrogen (secondary N) is 2. The molecule has 1 saturated heterocycles. The molecule has 2 aromatic carbocycles. The molecule has 40 heavy (non-hydrogen) atoms. The summed E-state index contributed by atoms with van der Waals surface area (Å²) in [7, 11) is 2.90. The molecule has 2 aromatic heterocycles. The van der Waals surface area contributed by atoms with Gasteiger partial charge in [-0.05, 0) is 60.7 Å². The lowest BCUT2D eigenvalue weighted by atomic mass is 10.0. The molecule has 2 N–H and O–H groups in total. The van der Waals surface area contributed by atoms with Crippen LogP contribution < -0.4 is 20.3 Å². The van der Waals surface area contributed by atoms with Gasteiger partial charge in [0.05, 0.1) is 37.2 Å². The van der Waals surface area contributed by atoms with Crippen molar-refractivity contribution in [3.63, 3.8) is 0 Å². The highest BCUT2D eigenvalue weighted by Gasteiger charge is 2.42. The summed E-state index contributed by atoms with van der Waals surface area (Å²) in [5, 5.41) is 6.75. The Hall–Kier alpha value is -4.70. The summed E-state index contributed by atoms with van der Waals surface area (Å²) in [5.41, 5.74) is 3.28. The average Bonchev–Trinajstić information content (AvgIpc) is 3.62. The normalized spacial score (nSPS) is 16.4. The number of nitrogens with zero attached hydrogens (tertiary/aromatic N) is 2. The Morgan fingerprint density at radius 3 is 2.65 bits per heavy atom. The van der Waals surface area contributed by atoms with Crippen LogP contribution in [0.1, 0.15) is 47.2 Å². The van der Waals surface area contributed by atoms with Crippen LogP contribution in [0.3, 0.4) is 0 Å². The summed E-state index contributed by atoms with van der Waals surface area (Å²) in [5.74, 6) is 1.20. The zero-order valence-electron chi connectivity index (χ0n) is 22.2. The maximum atomic E-state index is 12.1. The molecule has 1 amide bonds. The van der Waals surface area contributed by atoms with Gasteiger partial charge in [0.25, 0.3) is 0 Å². The van der Waals surface area contributed by atoms with Crippen molar-refractivity contribution in [1.82, 2.24) is 10.3 Å². The molecule has 2 atom stereocenters. The number of methoxy groups -OCH3 is 2. The lowest BCUT2D eigenvalue weighted by molar-refractivity contribution is -0.115. The van der Waals surface area contributed by atoms with Crippen LogP contribution in [0.4, 0.5) is 11.4 Å². The highest BCUT2D eigenvalue weighted by atomic mass is 32.1. The second-order valence-corrected chi connectivity index (χ2v) is 9.44. The van der Waals surface area contributed by atoms with E-state index >= 15 is 0 Å². The lowest BCUT2D eigenvalue weighted by Gasteiger charge is -2.27. The Labute approximate surface area is 237 Å². The fourth-order valence-electron chi connectivity index (χ4n) is 4.68. The first kappa shape index (κ1) is 26.9. The Balaban J connectivity index is 1.57. The minimum Gasteiger partial charge on any atom is -0.494 e. The Kier molecular flexibility index (Phi) is 7.79. The standard InChI is InChI=1S/C30H28N4O5S/c1-4-26(35)32-21-12-11-20(17-25(21)37-2)34-28(27(33-30(34)40)22-10-5-6-15-31-22)24-14-13-23(39-24)18-8-7-9-19(16-18)29(36)38-3/h5-17,27-28H,4H2,1-3H3,(H,32,35)(H,33,40). The Morgan fingerprint density at radius 2 is 1.93 bits per heavy atom. The number of aromatic nitrogens is 1. The van der Waals surface area contributed by atoms with E-state index in [0.717, 1.165) is 16.9 Å². The highest BCUT2D eigenvalue weighted by Crippen LogP contribution is 2.44. The molecule has 3 heterocycles. The van der Waals surface area contributed by atoms with Crippen molar-refractivity contribution in [1.29, 1.82) is 0 Å². The van der Waals surface area contributed by atoms with Crippen LogP contribution in [-0.2, 0) is 9.53 Å². The molecule has 0 spiro atoms. The van der Waals surface area contributed by atoms with Crippen molar-refractivity contribution in [2.45, 2.75) is 25.4 Å². The molecule has 2 unspecified atom stereocenters. The van der Waals surface area contributed by atoms with Crippen LogP contribution in [0, 0.1) is 0 Å². The number of esters is 1. The number of carbonyl (C=O) groups is 2. The van der Waals surface area contributed by atoms with E-state index in [1.165, 1.54) is 7.11 Å². The van der Waals surface area contributed by atoms with Gasteiger partial charge in [0.1, 0.15) is 23.3 Å². The van der Waals surface area contributed by atoms with Crippen molar-refractivity contribution >= 4 is 40.6 Å². The molecular formula is C30H28N4O5S. The minimum atomic E-state index is -0.423. The number of pyridine rings is 1. The Morgan fingerprint density at radius 1 is 1.07 bits per heavy atom. The number of amides is 1. The second kappa shape index (κ2) is 11.6. The summed E-state index contributed by atoms with van der Waals surface area (Å²) >= 11 is 5.82. The van der Waals surface area contributed by atoms with E-state index in [1.807, 2.05) is 53.4 Å². The zero-order chi connectivity index (χ0) is 28.2. The van der Waals surface area contributed by atoms with Gasteiger partial charge in [-0.1, -0.05) is 25.1 Å². The average molecular weight is 557 g/mol. The molecule has 4 aromatic rings. The van der Waals surface area contributed by atoms with Gasteiger partial charge in [-0.15, -0.1) is 0 Å². The minimum absolute atomic E-state index is 0.114. The highest BCUT2D eigenvalue weighted by molar-refractivity contribution is 7.80. The number of carbonyl (C=O) groups excluding carboxylic acids is 2. The molecule has 10 heteroatoms. The van der Waals surface area contributed by atoms with Crippen molar-refractivity contribution in [2.75, 3.05) is 24.4 Å². The summed E-state index contributed by atoms with van der Waals surface area (Å²) in [6.07, 6.45) is 2.09. The number of hydrogen-bond acceptors (Lipinski definition) is 7. The molecule has 0 aliphatic carbocycles. The molecular weight excluding hydrogens is 528 g/mol. The fourth-order valence-corrected chi connectivity index (χ4v) is 5.02. The molecule has 5 rings (SSSR count). The van der Waals surface area contributed by atoms with Crippen molar-refractivity contribution in [3.8, 4) is 17.1 Å². The van der Waals surface area contributed by atoms with E-state index in [4.69, 9.17) is 26.1 Å². The van der Waals surface area contributed by atoms with Crippen LogP contribution in [-0.4, -0.2) is 36.2 Å². The summed E-state index contributed by atoms with van der Waals surface area (Å²) < 4.78 is 16.9. The van der Waals surface area contributed by atoms with Crippen molar-refractivity contribution < 1.29 is 23.5 Å². The van der Waals surface area contributed by atoms with Crippen LogP contribution in [0.15, 0.2) is 83.4 Å². The van der Waals surface area contributed by atoms with Crippen LogP contribution in [0.5, 0.6) is 5.75 Å². The lowest BCUT2D eigenvalue weighted by Crippen LogP contribution is -2.29. The maximum absolute atomic E-state index is 12.1. The SMILES string of the molecule is CCC(=O)Nc1ccc(N2C(=S)NC(c3ccccn3)C2c2ccc(-c3cccc(C(=O)OC)c3)o2)cc1OC. The van der Waals surface area contributed by atoms with Gasteiger partial charge in [0.15, 0.2) is 5.11 Å². The largest absolute Gasteiger partial charge is 0.494 e. The number of hydrogen-bond donors (Lipinski definition) is 2. The van der Waals surface area contributed by atoms with Gasteiger partial charge < -0.3 is 29.4 Å². The third-order valence-corrected chi connectivity index (χ3v) is 6.96. The van der Waals surface area contributed by atoms with Crippen molar-refractivity contribution in [2.24, 2.45) is 0 Å². The number of thiocarbonyl (C=S) groups is 1. The summed E-state index contributed by atoms with van der Waals surface area (Å²) in [4.78, 5) is 30.6. The molecule has 204 valence electrons. The quantitative estimate of drug-likeness (QED) is 0.210. The molecule has 0 saturated carbocycles. The molecule has 1 aliphatic rings. The van der Waals surface area contributed by atoms with Crippen LogP contribution >= 0.6 is 12.2 Å². The second-order valence-electron chi connectivity index (χ2n) is 9.06. The van der Waals surface area contributed by atoms with Gasteiger partial charge in [0.2, 0.25) is 5.91 Å². The number of anilines is 2. The van der Waals surface area contributed by atoms with Crippen LogP contribution in [0.2, 0.25) is 0 Å². The van der Waals surface area contributed by atoms with Gasteiger partial charge in [-0.2, -0.15) is 0 Å². The first-order valence-corrected chi connectivity index (χ1v) is 13.1. The topological polar surface area (TPSA) is 106 Å². The predicted molar refractivity (Wildman–Crippen MR) is 155 cm³/mol. The molecule has 1 aliphatic heterocycles. The molecule has 0 radical (unpaired) electrons. The number of furan rings is 1. The summed E-state index contributed by atoms with van der Waals surface area (Å²) in [6, 6.07) is 21.3. The van der Waals surface area contributed by atoms with Gasteiger partial charge in [-0.25, -0.2) is 4.79 Å². The third-order valence-electron chi connectivity index (χ3n) is 6.64. The van der Waals surface area contributed by atoms with E-state index in [2.05, 4.69) is 15.6 Å². The van der Waals surface area contributed by atoms with Gasteiger partial charge in [0, 0.05) is 29.9 Å². The number of ether oxygens (including phenoxy) is 2. The molecule has 0 bridgehead atoms. The predicted octanol–water partition coefficient (Wildman–Crippen LogP) is 5.66. The Bertz CT molecular complexity index is 1550. The molecule has 1 fully saturated rings. The maximum Gasteiger partial charge on any atom is 0.337 e. The van der Waals surface area contributed by atoms with Gasteiger partial charge in [-0.3, -0.25) is 9.78 Å². The van der Waals surface area contributed by atoms with E-state index in [-0.39, 0.29) is 11.9 Å². The molecule has 9 nitrogen and oxygen atoms in total.